The Balaban J connectivity index is 1.03. The van der Waals surface area contributed by atoms with Crippen LogP contribution in [0.25, 0.3) is 22.2 Å². The lowest BCUT2D eigenvalue weighted by molar-refractivity contribution is 0.0904. The SMILES string of the molecule is CCc1nc2c(cnn2CC)c(NC2CCOCC2)c1CNC(=O)c1cc(Cl)c(C(=O)NCc2ccc(F)c(-c3cccc(CN4CCN[C@@H](C)C4)c3)c2)cc1Cl. The highest BCUT2D eigenvalue weighted by Crippen LogP contribution is 2.32. The summed E-state index contributed by atoms with van der Waals surface area (Å²) in [4.78, 5) is 34.4. The van der Waals surface area contributed by atoms with Gasteiger partial charge in [-0.1, -0.05) is 54.4 Å². The van der Waals surface area contributed by atoms with Gasteiger partial charge < -0.3 is 26.0 Å². The molecule has 2 aliphatic heterocycles. The lowest BCUT2D eigenvalue weighted by Gasteiger charge is -2.31. The van der Waals surface area contributed by atoms with Crippen molar-refractivity contribution >= 4 is 51.7 Å². The van der Waals surface area contributed by atoms with Crippen molar-refractivity contribution < 1.29 is 18.7 Å². The number of ether oxygens (including phenoxy) is 1. The molecule has 2 aliphatic rings. The maximum atomic E-state index is 15.2. The topological polar surface area (TPSA) is 125 Å². The van der Waals surface area contributed by atoms with Crippen LogP contribution in [-0.4, -0.2) is 76.4 Å². The van der Waals surface area contributed by atoms with Gasteiger partial charge in [-0.15, -0.1) is 0 Å². The molecule has 0 radical (unpaired) electrons. The number of hydrogen-bond acceptors (Lipinski definition) is 8. The highest BCUT2D eigenvalue weighted by Gasteiger charge is 2.24. The van der Waals surface area contributed by atoms with E-state index in [0.29, 0.717) is 43.3 Å². The number of fused-ring (bicyclic) bond motifs is 1. The zero-order valence-electron chi connectivity index (χ0n) is 32.6. The Morgan fingerprint density at radius 3 is 2.40 bits per heavy atom. The molecule has 2 saturated heterocycles. The van der Waals surface area contributed by atoms with Gasteiger partial charge in [0.2, 0.25) is 0 Å². The summed E-state index contributed by atoms with van der Waals surface area (Å²) >= 11 is 13.3. The molecule has 11 nitrogen and oxygen atoms in total. The van der Waals surface area contributed by atoms with Crippen LogP contribution in [0.1, 0.15) is 76.7 Å². The molecule has 2 fully saturated rings. The number of halogens is 3. The number of carbonyl (C=O) groups is 2. The molecule has 2 aromatic heterocycles. The largest absolute Gasteiger partial charge is 0.381 e. The van der Waals surface area contributed by atoms with Crippen molar-refractivity contribution in [1.29, 1.82) is 0 Å². The summed E-state index contributed by atoms with van der Waals surface area (Å²) in [6.45, 7) is 12.2. The van der Waals surface area contributed by atoms with Crippen molar-refractivity contribution in [2.75, 3.05) is 38.2 Å². The first-order valence-electron chi connectivity index (χ1n) is 19.7. The van der Waals surface area contributed by atoms with Crippen molar-refractivity contribution in [3.63, 3.8) is 0 Å². The molecule has 4 heterocycles. The lowest BCUT2D eigenvalue weighted by Crippen LogP contribution is -2.48. The molecule has 7 rings (SSSR count). The normalized spacial score (nSPS) is 16.5. The average molecular weight is 816 g/mol. The van der Waals surface area contributed by atoms with E-state index in [0.717, 1.165) is 78.1 Å². The van der Waals surface area contributed by atoms with Gasteiger partial charge in [0.05, 0.1) is 38.4 Å². The van der Waals surface area contributed by atoms with E-state index in [4.69, 9.17) is 32.9 Å². The Labute approximate surface area is 342 Å². The number of piperazine rings is 1. The standard InChI is InChI=1S/C43H49Cl2FN8O3/c1-4-39-34(40(51-30-11-15-57-16-12-30)35-23-50-54(5-2)41(35)52-39)22-49-43(56)33-20-36(44)32(19-37(33)45)42(55)48-21-27-9-10-38(46)31(18-27)29-8-6-7-28(17-29)25-53-14-13-47-26(3)24-53/h6-10,17-20,23,26,30,47H,4-5,11-16,21-22,24-25H2,1-3H3,(H,48,55)(H,49,56)(H,51,52)/t26-/m0/s1. The zero-order valence-corrected chi connectivity index (χ0v) is 34.1. The van der Waals surface area contributed by atoms with E-state index in [1.807, 2.05) is 42.9 Å². The Morgan fingerprint density at radius 2 is 1.70 bits per heavy atom. The lowest BCUT2D eigenvalue weighted by atomic mass is 10.00. The highest BCUT2D eigenvalue weighted by atomic mass is 35.5. The van der Waals surface area contributed by atoms with Crippen molar-refractivity contribution in [2.24, 2.45) is 0 Å². The van der Waals surface area contributed by atoms with Crippen LogP contribution in [0.2, 0.25) is 10.0 Å². The molecule has 300 valence electrons. The quantitative estimate of drug-likeness (QED) is 0.0972. The summed E-state index contributed by atoms with van der Waals surface area (Å²) in [5.41, 5.74) is 6.74. The van der Waals surface area contributed by atoms with Crippen LogP contribution in [0.5, 0.6) is 0 Å². The molecular weight excluding hydrogens is 766 g/mol. The van der Waals surface area contributed by atoms with Crippen LogP contribution in [0.4, 0.5) is 10.1 Å². The predicted octanol–water partition coefficient (Wildman–Crippen LogP) is 7.37. The van der Waals surface area contributed by atoms with E-state index < -0.39 is 11.8 Å². The monoisotopic (exact) mass is 814 g/mol. The first-order chi connectivity index (χ1) is 27.6. The second-order valence-electron chi connectivity index (χ2n) is 14.8. The predicted molar refractivity (Wildman–Crippen MR) is 223 cm³/mol. The number of rotatable bonds is 13. The summed E-state index contributed by atoms with van der Waals surface area (Å²) in [6, 6.07) is 16.2. The number of carbonyl (C=O) groups excluding carboxylic acids is 2. The van der Waals surface area contributed by atoms with Gasteiger partial charge in [0.25, 0.3) is 11.8 Å². The van der Waals surface area contributed by atoms with Crippen molar-refractivity contribution in [1.82, 2.24) is 35.6 Å². The fourth-order valence-electron chi connectivity index (χ4n) is 7.69. The Bertz CT molecular complexity index is 2260. The van der Waals surface area contributed by atoms with Crippen molar-refractivity contribution in [3.8, 4) is 11.1 Å². The Hall–Kier alpha value is -4.59. The van der Waals surface area contributed by atoms with Gasteiger partial charge in [-0.25, -0.2) is 14.1 Å². The second kappa shape index (κ2) is 18.3. The summed E-state index contributed by atoms with van der Waals surface area (Å²) < 4.78 is 22.6. The van der Waals surface area contributed by atoms with Gasteiger partial charge in [0.15, 0.2) is 5.65 Å². The first kappa shape index (κ1) is 40.6. The van der Waals surface area contributed by atoms with Crippen LogP contribution in [-0.2, 0) is 37.3 Å². The van der Waals surface area contributed by atoms with Gasteiger partial charge in [0, 0.05) is 87.9 Å². The molecule has 14 heteroatoms. The van der Waals surface area contributed by atoms with Gasteiger partial charge in [-0.05, 0) is 80.1 Å². The van der Waals surface area contributed by atoms with Crippen LogP contribution in [0.3, 0.4) is 0 Å². The maximum absolute atomic E-state index is 15.2. The highest BCUT2D eigenvalue weighted by molar-refractivity contribution is 6.38. The number of hydrogen-bond donors (Lipinski definition) is 4. The van der Waals surface area contributed by atoms with Crippen LogP contribution >= 0.6 is 23.2 Å². The number of nitrogens with one attached hydrogen (secondary N) is 4. The van der Waals surface area contributed by atoms with E-state index >= 15 is 4.39 Å². The number of benzene rings is 3. The van der Waals surface area contributed by atoms with Gasteiger partial charge in [-0.3, -0.25) is 14.5 Å². The smallest absolute Gasteiger partial charge is 0.253 e. The summed E-state index contributed by atoms with van der Waals surface area (Å²) in [5, 5.41) is 18.7. The van der Waals surface area contributed by atoms with E-state index in [-0.39, 0.29) is 46.1 Å². The first-order valence-corrected chi connectivity index (χ1v) is 20.5. The average Bonchev–Trinajstić information content (AvgIpc) is 3.64. The third-order valence-electron chi connectivity index (χ3n) is 10.7. The summed E-state index contributed by atoms with van der Waals surface area (Å²) in [5.74, 6) is -1.26. The van der Waals surface area contributed by atoms with E-state index in [9.17, 15) is 9.59 Å². The van der Waals surface area contributed by atoms with Gasteiger partial charge in [0.1, 0.15) is 5.82 Å². The van der Waals surface area contributed by atoms with E-state index in [2.05, 4.69) is 44.3 Å². The molecule has 0 spiro atoms. The molecule has 3 aromatic carbocycles. The zero-order chi connectivity index (χ0) is 40.1. The summed E-state index contributed by atoms with van der Waals surface area (Å²) in [7, 11) is 0. The molecule has 0 bridgehead atoms. The minimum absolute atomic E-state index is 0.0729. The molecule has 0 unspecified atom stereocenters. The Morgan fingerprint density at radius 1 is 0.965 bits per heavy atom. The number of nitrogens with zero attached hydrogens (tertiary/aromatic N) is 4. The molecular formula is C43H49Cl2FN8O3. The van der Waals surface area contributed by atoms with E-state index in [1.165, 1.54) is 18.2 Å². The van der Waals surface area contributed by atoms with Crippen LogP contribution in [0, 0.1) is 5.82 Å². The number of pyridine rings is 1. The minimum atomic E-state index is -0.476. The molecule has 4 N–H and O–H groups in total. The van der Waals surface area contributed by atoms with Crippen molar-refractivity contribution in [2.45, 2.75) is 78.3 Å². The molecule has 0 saturated carbocycles. The molecule has 5 aromatic rings. The number of aromatic nitrogens is 3. The third kappa shape index (κ3) is 9.42. The van der Waals surface area contributed by atoms with Crippen LogP contribution < -0.4 is 21.3 Å². The maximum Gasteiger partial charge on any atom is 0.253 e. The fourth-order valence-corrected chi connectivity index (χ4v) is 8.19. The number of amides is 2. The molecule has 2 amide bonds. The Kier molecular flexibility index (Phi) is 13.1. The minimum Gasteiger partial charge on any atom is -0.381 e. The fraction of sp³-hybridized carbons (Fsp3) is 0.395. The van der Waals surface area contributed by atoms with Gasteiger partial charge in [-0.2, -0.15) is 5.10 Å². The number of aryl methyl sites for hydroxylation is 2. The van der Waals surface area contributed by atoms with Gasteiger partial charge >= 0.3 is 0 Å². The van der Waals surface area contributed by atoms with E-state index in [1.54, 1.807) is 12.1 Å². The van der Waals surface area contributed by atoms with Crippen molar-refractivity contribution in [3.05, 3.63) is 110 Å². The molecule has 57 heavy (non-hydrogen) atoms. The summed E-state index contributed by atoms with van der Waals surface area (Å²) in [6.07, 6.45) is 4.20. The molecule has 0 aliphatic carbocycles. The third-order valence-corrected chi connectivity index (χ3v) is 11.4. The molecule has 1 atom stereocenters. The second-order valence-corrected chi connectivity index (χ2v) is 15.6. The number of anilines is 1. The van der Waals surface area contributed by atoms with Crippen LogP contribution in [0.15, 0.2) is 60.8 Å².